The summed E-state index contributed by atoms with van der Waals surface area (Å²) >= 11 is 0. The van der Waals surface area contributed by atoms with E-state index in [2.05, 4.69) is 0 Å². The molecule has 0 bridgehead atoms. The molecular formula is C28H33FN2O5. The van der Waals surface area contributed by atoms with E-state index in [-0.39, 0.29) is 17.9 Å². The zero-order valence-electron chi connectivity index (χ0n) is 21.7. The number of rotatable bonds is 5. The number of esters is 1. The number of ether oxygens (including phenoxy) is 3. The standard InChI is InChI=1S/C28H33FN2O5/c1-15-17-8-7-11-35-24(17)21(29)13-19(15)22-18-10-9-16(14-30)12-20(18)26(32)31(5)23(22)25(27(33)34-6)36-28(2,3)4/h9-10,12-13,25H,7-8,11,14,30H2,1-6H3/t25-/m0/s1. The second-order valence-electron chi connectivity index (χ2n) is 10.1. The maximum Gasteiger partial charge on any atom is 0.341 e. The minimum atomic E-state index is -1.23. The summed E-state index contributed by atoms with van der Waals surface area (Å²) in [6, 6.07) is 6.80. The number of nitrogens with zero attached hydrogens (tertiary/aromatic N) is 1. The van der Waals surface area contributed by atoms with Gasteiger partial charge in [-0.15, -0.1) is 0 Å². The van der Waals surface area contributed by atoms with Crippen LogP contribution in [0, 0.1) is 12.7 Å². The Hall–Kier alpha value is -3.23. The quantitative estimate of drug-likeness (QED) is 0.524. The Kier molecular flexibility index (Phi) is 6.94. The minimum absolute atomic E-state index is 0.262. The highest BCUT2D eigenvalue weighted by Crippen LogP contribution is 2.43. The van der Waals surface area contributed by atoms with E-state index in [1.165, 1.54) is 17.7 Å². The van der Waals surface area contributed by atoms with E-state index < -0.39 is 23.5 Å². The monoisotopic (exact) mass is 496 g/mol. The van der Waals surface area contributed by atoms with E-state index in [9.17, 15) is 9.59 Å². The number of carbonyl (C=O) groups is 1. The van der Waals surface area contributed by atoms with Gasteiger partial charge in [0.25, 0.3) is 5.56 Å². The third-order valence-corrected chi connectivity index (χ3v) is 6.58. The summed E-state index contributed by atoms with van der Waals surface area (Å²) in [7, 11) is 2.86. The number of benzene rings is 2. The highest BCUT2D eigenvalue weighted by molar-refractivity contribution is 6.00. The Labute approximate surface area is 210 Å². The number of pyridine rings is 1. The molecule has 1 aromatic heterocycles. The van der Waals surface area contributed by atoms with Crippen LogP contribution in [0.25, 0.3) is 21.9 Å². The van der Waals surface area contributed by atoms with Crippen molar-refractivity contribution in [1.29, 1.82) is 0 Å². The molecule has 0 saturated heterocycles. The molecule has 4 rings (SSSR count). The van der Waals surface area contributed by atoms with E-state index >= 15 is 4.39 Å². The Morgan fingerprint density at radius 2 is 1.97 bits per heavy atom. The SMILES string of the molecule is COC(=O)[C@@H](OC(C)(C)C)c1c(-c2cc(F)c3c(c2C)CCCO3)c2ccc(CN)cc2c(=O)n1C. The molecule has 0 saturated carbocycles. The Bertz CT molecular complexity index is 1400. The molecule has 36 heavy (non-hydrogen) atoms. The van der Waals surface area contributed by atoms with Gasteiger partial charge in [-0.05, 0) is 74.7 Å². The molecule has 1 aliphatic heterocycles. The molecule has 3 aromatic rings. The molecule has 0 unspecified atom stereocenters. The second-order valence-corrected chi connectivity index (χ2v) is 10.1. The number of hydrogen-bond donors (Lipinski definition) is 1. The highest BCUT2D eigenvalue weighted by Gasteiger charge is 2.35. The van der Waals surface area contributed by atoms with Gasteiger partial charge in [-0.3, -0.25) is 4.79 Å². The molecule has 2 aromatic carbocycles. The smallest absolute Gasteiger partial charge is 0.341 e. The van der Waals surface area contributed by atoms with Gasteiger partial charge in [0, 0.05) is 30.1 Å². The Morgan fingerprint density at radius 3 is 2.61 bits per heavy atom. The topological polar surface area (TPSA) is 92.8 Å². The summed E-state index contributed by atoms with van der Waals surface area (Å²) in [5, 5.41) is 1.00. The third kappa shape index (κ3) is 4.51. The first-order valence-electron chi connectivity index (χ1n) is 12.0. The summed E-state index contributed by atoms with van der Waals surface area (Å²) < 4.78 is 33.7. The molecule has 192 valence electrons. The summed E-state index contributed by atoms with van der Waals surface area (Å²) in [4.78, 5) is 26.7. The van der Waals surface area contributed by atoms with Gasteiger partial charge < -0.3 is 24.5 Å². The van der Waals surface area contributed by atoms with E-state index in [1.807, 2.05) is 33.8 Å². The molecule has 1 atom stereocenters. The second kappa shape index (κ2) is 9.67. The molecule has 8 heteroatoms. The maximum absolute atomic E-state index is 15.4. The fraction of sp³-hybridized carbons (Fsp3) is 0.429. The lowest BCUT2D eigenvalue weighted by atomic mass is 9.87. The molecule has 0 aliphatic carbocycles. The summed E-state index contributed by atoms with van der Waals surface area (Å²) in [6.45, 7) is 8.08. The number of hydrogen-bond acceptors (Lipinski definition) is 6. The van der Waals surface area contributed by atoms with Gasteiger partial charge in [0.05, 0.1) is 25.0 Å². The lowest BCUT2D eigenvalue weighted by Crippen LogP contribution is -2.33. The van der Waals surface area contributed by atoms with Crippen molar-refractivity contribution in [1.82, 2.24) is 4.57 Å². The average Bonchev–Trinajstić information content (AvgIpc) is 2.86. The van der Waals surface area contributed by atoms with Gasteiger partial charge in [-0.25, -0.2) is 9.18 Å². The first-order valence-corrected chi connectivity index (χ1v) is 12.0. The predicted molar refractivity (Wildman–Crippen MR) is 137 cm³/mol. The lowest BCUT2D eigenvalue weighted by Gasteiger charge is -2.30. The molecule has 0 radical (unpaired) electrons. The number of methoxy groups -OCH3 is 1. The first-order chi connectivity index (χ1) is 17.0. The van der Waals surface area contributed by atoms with Gasteiger partial charge >= 0.3 is 5.97 Å². The highest BCUT2D eigenvalue weighted by atomic mass is 19.1. The molecule has 0 amide bonds. The lowest BCUT2D eigenvalue weighted by molar-refractivity contribution is -0.165. The number of fused-ring (bicyclic) bond motifs is 2. The van der Waals surface area contributed by atoms with Crippen LogP contribution in [0.4, 0.5) is 4.39 Å². The van der Waals surface area contributed by atoms with E-state index in [0.29, 0.717) is 40.6 Å². The zero-order valence-corrected chi connectivity index (χ0v) is 21.7. The van der Waals surface area contributed by atoms with Gasteiger partial charge in [0.2, 0.25) is 0 Å². The molecule has 2 heterocycles. The van der Waals surface area contributed by atoms with Crippen molar-refractivity contribution < 1.29 is 23.4 Å². The van der Waals surface area contributed by atoms with Crippen LogP contribution in [0.15, 0.2) is 29.1 Å². The van der Waals surface area contributed by atoms with Crippen molar-refractivity contribution in [2.24, 2.45) is 12.8 Å². The van der Waals surface area contributed by atoms with Crippen LogP contribution < -0.4 is 16.0 Å². The van der Waals surface area contributed by atoms with Gasteiger partial charge in [0.1, 0.15) is 0 Å². The van der Waals surface area contributed by atoms with Crippen molar-refractivity contribution in [2.45, 2.75) is 58.8 Å². The van der Waals surface area contributed by atoms with Crippen LogP contribution >= 0.6 is 0 Å². The van der Waals surface area contributed by atoms with Crippen LogP contribution in [0.1, 0.15) is 55.7 Å². The molecule has 0 spiro atoms. The van der Waals surface area contributed by atoms with Gasteiger partial charge in [0.15, 0.2) is 17.7 Å². The van der Waals surface area contributed by atoms with Crippen molar-refractivity contribution in [3.8, 4) is 16.9 Å². The van der Waals surface area contributed by atoms with Crippen molar-refractivity contribution in [3.05, 3.63) is 62.8 Å². The fourth-order valence-corrected chi connectivity index (χ4v) is 4.89. The van der Waals surface area contributed by atoms with Crippen molar-refractivity contribution in [3.63, 3.8) is 0 Å². The molecule has 1 aliphatic rings. The fourth-order valence-electron chi connectivity index (χ4n) is 4.89. The van der Waals surface area contributed by atoms with E-state index in [1.54, 1.807) is 19.2 Å². The van der Waals surface area contributed by atoms with Crippen LogP contribution in [0.5, 0.6) is 5.75 Å². The number of nitrogens with two attached hydrogens (primary N) is 1. The van der Waals surface area contributed by atoms with Crippen LogP contribution in [0.3, 0.4) is 0 Å². The van der Waals surface area contributed by atoms with Crippen LogP contribution in [-0.2, 0) is 34.3 Å². The molecule has 7 nitrogen and oxygen atoms in total. The maximum atomic E-state index is 15.4. The van der Waals surface area contributed by atoms with Crippen molar-refractivity contribution in [2.75, 3.05) is 13.7 Å². The molecule has 2 N–H and O–H groups in total. The average molecular weight is 497 g/mol. The minimum Gasteiger partial charge on any atom is -0.490 e. The normalized spacial score (nSPS) is 14.3. The van der Waals surface area contributed by atoms with Crippen molar-refractivity contribution >= 4 is 16.7 Å². The van der Waals surface area contributed by atoms with Gasteiger partial charge in [-0.2, -0.15) is 0 Å². The predicted octanol–water partition coefficient (Wildman–Crippen LogP) is 4.47. The molecular weight excluding hydrogens is 463 g/mol. The Morgan fingerprint density at radius 1 is 1.25 bits per heavy atom. The summed E-state index contributed by atoms with van der Waals surface area (Å²) in [6.07, 6.45) is 0.215. The van der Waals surface area contributed by atoms with E-state index in [4.69, 9.17) is 19.9 Å². The third-order valence-electron chi connectivity index (χ3n) is 6.58. The van der Waals surface area contributed by atoms with Gasteiger partial charge in [-0.1, -0.05) is 12.1 Å². The van der Waals surface area contributed by atoms with Crippen LogP contribution in [0.2, 0.25) is 0 Å². The van der Waals surface area contributed by atoms with Crippen LogP contribution in [-0.4, -0.2) is 29.9 Å². The first kappa shape index (κ1) is 25.9. The number of carbonyl (C=O) groups excluding carboxylic acids is 1. The summed E-state index contributed by atoms with van der Waals surface area (Å²) in [5.41, 5.74) is 8.61. The largest absolute Gasteiger partial charge is 0.490 e. The number of halogens is 1. The Balaban J connectivity index is 2.18. The van der Waals surface area contributed by atoms with E-state index in [0.717, 1.165) is 23.1 Å². The zero-order chi connectivity index (χ0) is 26.4. The number of aromatic nitrogens is 1. The summed E-state index contributed by atoms with van der Waals surface area (Å²) in [5.74, 6) is -0.874. The molecule has 0 fully saturated rings.